The molecule has 0 saturated heterocycles. The van der Waals surface area contributed by atoms with Crippen LogP contribution >= 0.6 is 0 Å². The highest BCUT2D eigenvalue weighted by Crippen LogP contribution is 2.12. The maximum absolute atomic E-state index is 12.5. The van der Waals surface area contributed by atoms with Gasteiger partial charge in [-0.3, -0.25) is 9.59 Å². The fraction of sp³-hybridized carbons (Fsp3) is 0.125. The summed E-state index contributed by atoms with van der Waals surface area (Å²) in [4.78, 5) is 24.8. The Kier molecular flexibility index (Phi) is 6.75. The Morgan fingerprint density at radius 2 is 1.52 bits per heavy atom. The number of benzene rings is 3. The molecule has 0 aliphatic rings. The zero-order valence-electron chi connectivity index (χ0n) is 15.9. The summed E-state index contributed by atoms with van der Waals surface area (Å²) in [6, 6.07) is 25.4. The molecule has 5 heteroatoms. The summed E-state index contributed by atoms with van der Waals surface area (Å²) in [5.74, 6) is -0.514. The Morgan fingerprint density at radius 3 is 2.21 bits per heavy atom. The van der Waals surface area contributed by atoms with Crippen LogP contribution in [0.4, 0.5) is 5.69 Å². The van der Waals surface area contributed by atoms with E-state index in [-0.39, 0.29) is 11.8 Å². The van der Waals surface area contributed by atoms with Gasteiger partial charge in [0.15, 0.2) is 0 Å². The molecule has 3 aromatic rings. The van der Waals surface area contributed by atoms with Crippen LogP contribution in [0.1, 0.15) is 38.3 Å². The van der Waals surface area contributed by atoms with Crippen molar-refractivity contribution in [1.29, 1.82) is 5.26 Å². The van der Waals surface area contributed by atoms with Crippen LogP contribution in [-0.4, -0.2) is 18.4 Å². The van der Waals surface area contributed by atoms with Crippen molar-refractivity contribution in [3.8, 4) is 6.07 Å². The number of aryl methyl sites for hydroxylation is 1. The first-order valence-corrected chi connectivity index (χ1v) is 9.39. The lowest BCUT2D eigenvalue weighted by Crippen LogP contribution is -2.25. The van der Waals surface area contributed by atoms with Gasteiger partial charge in [0.2, 0.25) is 0 Å². The van der Waals surface area contributed by atoms with Crippen molar-refractivity contribution in [3.05, 3.63) is 101 Å². The SMILES string of the molecule is N#Cc1ccc(NC(=O)c2cccc(C(=O)NCCCc3ccccc3)c2)cc1. The van der Waals surface area contributed by atoms with Crippen LogP contribution in [0.3, 0.4) is 0 Å². The van der Waals surface area contributed by atoms with Gasteiger partial charge in [-0.05, 0) is 60.9 Å². The Hall–Kier alpha value is -3.91. The van der Waals surface area contributed by atoms with E-state index in [0.717, 1.165) is 12.8 Å². The molecule has 0 atom stereocenters. The lowest BCUT2D eigenvalue weighted by molar-refractivity contribution is 0.0953. The van der Waals surface area contributed by atoms with Gasteiger partial charge in [-0.15, -0.1) is 0 Å². The third-order valence-electron chi connectivity index (χ3n) is 4.43. The molecule has 0 saturated carbocycles. The van der Waals surface area contributed by atoms with Crippen molar-refractivity contribution >= 4 is 17.5 Å². The number of nitrogens with one attached hydrogen (secondary N) is 2. The highest BCUT2D eigenvalue weighted by molar-refractivity contribution is 6.06. The summed E-state index contributed by atoms with van der Waals surface area (Å²) in [5.41, 5.74) is 3.19. The van der Waals surface area contributed by atoms with Crippen LogP contribution in [0.5, 0.6) is 0 Å². The van der Waals surface area contributed by atoms with Gasteiger partial charge in [-0.2, -0.15) is 5.26 Å². The number of nitriles is 1. The van der Waals surface area contributed by atoms with Crippen molar-refractivity contribution in [2.45, 2.75) is 12.8 Å². The smallest absolute Gasteiger partial charge is 0.255 e. The number of carbonyl (C=O) groups excluding carboxylic acids is 2. The molecule has 0 aliphatic carbocycles. The maximum Gasteiger partial charge on any atom is 0.255 e. The second-order valence-electron chi connectivity index (χ2n) is 6.57. The topological polar surface area (TPSA) is 82.0 Å². The third kappa shape index (κ3) is 5.78. The van der Waals surface area contributed by atoms with E-state index in [4.69, 9.17) is 5.26 Å². The van der Waals surface area contributed by atoms with Gasteiger partial charge in [-0.25, -0.2) is 0 Å². The monoisotopic (exact) mass is 383 g/mol. The van der Waals surface area contributed by atoms with Gasteiger partial charge < -0.3 is 10.6 Å². The molecule has 29 heavy (non-hydrogen) atoms. The van der Waals surface area contributed by atoms with Crippen LogP contribution < -0.4 is 10.6 Å². The molecule has 5 nitrogen and oxygen atoms in total. The van der Waals surface area contributed by atoms with Gasteiger partial charge in [0.1, 0.15) is 0 Å². The van der Waals surface area contributed by atoms with E-state index in [9.17, 15) is 9.59 Å². The van der Waals surface area contributed by atoms with Crippen molar-refractivity contribution in [1.82, 2.24) is 5.32 Å². The van der Waals surface area contributed by atoms with E-state index < -0.39 is 0 Å². The van der Waals surface area contributed by atoms with Crippen LogP contribution in [-0.2, 0) is 6.42 Å². The minimum Gasteiger partial charge on any atom is -0.352 e. The summed E-state index contributed by atoms with van der Waals surface area (Å²) in [7, 11) is 0. The maximum atomic E-state index is 12.5. The van der Waals surface area contributed by atoms with Crippen LogP contribution in [0.2, 0.25) is 0 Å². The Bertz CT molecular complexity index is 1020. The molecule has 0 bridgehead atoms. The molecule has 2 amide bonds. The van der Waals surface area contributed by atoms with Crippen LogP contribution in [0, 0.1) is 11.3 Å². The van der Waals surface area contributed by atoms with Gasteiger partial charge >= 0.3 is 0 Å². The average Bonchev–Trinajstić information content (AvgIpc) is 2.78. The summed E-state index contributed by atoms with van der Waals surface area (Å²) >= 11 is 0. The lowest BCUT2D eigenvalue weighted by Gasteiger charge is -2.08. The number of anilines is 1. The highest BCUT2D eigenvalue weighted by Gasteiger charge is 2.11. The Morgan fingerprint density at radius 1 is 0.828 bits per heavy atom. The number of rotatable bonds is 7. The van der Waals surface area contributed by atoms with Gasteiger partial charge in [-0.1, -0.05) is 36.4 Å². The molecule has 0 aromatic heterocycles. The number of nitrogens with zero attached hydrogens (tertiary/aromatic N) is 1. The molecule has 0 fully saturated rings. The second kappa shape index (κ2) is 9.86. The predicted molar refractivity (Wildman–Crippen MR) is 113 cm³/mol. The molecule has 3 aromatic carbocycles. The average molecular weight is 383 g/mol. The van der Waals surface area contributed by atoms with Gasteiger partial charge in [0.05, 0.1) is 11.6 Å². The minimum absolute atomic E-state index is 0.203. The molecule has 144 valence electrons. The lowest BCUT2D eigenvalue weighted by atomic mass is 10.1. The Labute approximate surface area is 170 Å². The van der Waals surface area contributed by atoms with E-state index in [1.165, 1.54) is 5.56 Å². The van der Waals surface area contributed by atoms with E-state index in [1.54, 1.807) is 48.5 Å². The van der Waals surface area contributed by atoms with E-state index >= 15 is 0 Å². The summed E-state index contributed by atoms with van der Waals surface area (Å²) < 4.78 is 0. The molecular weight excluding hydrogens is 362 g/mol. The molecule has 3 rings (SSSR count). The second-order valence-corrected chi connectivity index (χ2v) is 6.57. The summed E-state index contributed by atoms with van der Waals surface area (Å²) in [6.07, 6.45) is 1.74. The first-order chi connectivity index (χ1) is 14.2. The van der Waals surface area contributed by atoms with E-state index in [1.807, 2.05) is 24.3 Å². The largest absolute Gasteiger partial charge is 0.352 e. The number of hydrogen-bond donors (Lipinski definition) is 2. The number of hydrogen-bond acceptors (Lipinski definition) is 3. The number of carbonyl (C=O) groups is 2. The molecule has 0 heterocycles. The first kappa shape index (κ1) is 19.8. The Balaban J connectivity index is 1.54. The molecule has 0 unspecified atom stereocenters. The standard InChI is InChI=1S/C24H21N3O2/c25-17-19-11-13-22(14-12-19)27-24(29)21-10-4-9-20(16-21)23(28)26-15-5-8-18-6-2-1-3-7-18/h1-4,6-7,9-14,16H,5,8,15H2,(H,26,28)(H,27,29). The first-order valence-electron chi connectivity index (χ1n) is 9.39. The predicted octanol–water partition coefficient (Wildman–Crippen LogP) is 4.17. The number of amides is 2. The third-order valence-corrected chi connectivity index (χ3v) is 4.43. The highest BCUT2D eigenvalue weighted by atomic mass is 16.2. The quantitative estimate of drug-likeness (QED) is 0.601. The van der Waals surface area contributed by atoms with Gasteiger partial charge in [0, 0.05) is 23.4 Å². The van der Waals surface area contributed by atoms with Crippen molar-refractivity contribution < 1.29 is 9.59 Å². The molecule has 0 spiro atoms. The fourth-order valence-corrected chi connectivity index (χ4v) is 2.87. The van der Waals surface area contributed by atoms with E-state index in [2.05, 4.69) is 22.8 Å². The zero-order chi connectivity index (χ0) is 20.5. The van der Waals surface area contributed by atoms with Crippen molar-refractivity contribution in [2.75, 3.05) is 11.9 Å². The van der Waals surface area contributed by atoms with Crippen molar-refractivity contribution in [2.24, 2.45) is 0 Å². The normalized spacial score (nSPS) is 10.0. The minimum atomic E-state index is -0.312. The summed E-state index contributed by atoms with van der Waals surface area (Å²) in [6.45, 7) is 0.565. The fourth-order valence-electron chi connectivity index (χ4n) is 2.87. The summed E-state index contributed by atoms with van der Waals surface area (Å²) in [5, 5.41) is 14.5. The van der Waals surface area contributed by atoms with Crippen LogP contribution in [0.15, 0.2) is 78.9 Å². The molecule has 0 radical (unpaired) electrons. The molecule has 0 aliphatic heterocycles. The van der Waals surface area contributed by atoms with E-state index in [0.29, 0.717) is 28.9 Å². The zero-order valence-corrected chi connectivity index (χ0v) is 15.9. The van der Waals surface area contributed by atoms with Crippen molar-refractivity contribution in [3.63, 3.8) is 0 Å². The van der Waals surface area contributed by atoms with Crippen LogP contribution in [0.25, 0.3) is 0 Å². The molecular formula is C24H21N3O2. The van der Waals surface area contributed by atoms with Gasteiger partial charge in [0.25, 0.3) is 11.8 Å². The molecule has 2 N–H and O–H groups in total.